The number of hydrogen-bond donors (Lipinski definition) is 1. The van der Waals surface area contributed by atoms with Gasteiger partial charge < -0.3 is 10.2 Å². The minimum Gasteiger partial charge on any atom is -0.352 e. The molecule has 1 aliphatic rings. The van der Waals surface area contributed by atoms with Crippen molar-refractivity contribution in [2.24, 2.45) is 0 Å². The molecule has 2 aromatic rings. The van der Waals surface area contributed by atoms with E-state index in [1.54, 1.807) is 12.1 Å². The van der Waals surface area contributed by atoms with Crippen molar-refractivity contribution in [1.82, 2.24) is 15.1 Å². The van der Waals surface area contributed by atoms with Gasteiger partial charge in [0.05, 0.1) is 9.21 Å². The number of hydrogen-bond acceptors (Lipinski definition) is 5. The zero-order valence-electron chi connectivity index (χ0n) is 16.1. The summed E-state index contributed by atoms with van der Waals surface area (Å²) in [4.78, 5) is 29.6. The summed E-state index contributed by atoms with van der Waals surface area (Å²) >= 11 is 7.10. The van der Waals surface area contributed by atoms with E-state index in [1.165, 1.54) is 16.9 Å². The average Bonchev–Trinajstić information content (AvgIpc) is 3.13. The summed E-state index contributed by atoms with van der Waals surface area (Å²) in [5.74, 6) is -0.151. The Balaban J connectivity index is 1.42. The first-order valence-corrected chi connectivity index (χ1v) is 10.7. The van der Waals surface area contributed by atoms with Gasteiger partial charge in [-0.3, -0.25) is 14.5 Å². The van der Waals surface area contributed by atoms with Crippen molar-refractivity contribution < 1.29 is 9.59 Å². The zero-order chi connectivity index (χ0) is 19.9. The number of rotatable bonds is 8. The number of nitrogens with one attached hydrogen (secondary N) is 1. The molecule has 1 amide bonds. The molecule has 28 heavy (non-hydrogen) atoms. The Morgan fingerprint density at radius 1 is 1.07 bits per heavy atom. The number of carbonyl (C=O) groups is 2. The molecule has 7 heteroatoms. The van der Waals surface area contributed by atoms with Crippen molar-refractivity contribution >= 4 is 34.6 Å². The number of amides is 1. The van der Waals surface area contributed by atoms with Gasteiger partial charge in [0, 0.05) is 52.1 Å². The van der Waals surface area contributed by atoms with E-state index in [2.05, 4.69) is 34.3 Å². The second-order valence-electron chi connectivity index (χ2n) is 7.20. The molecule has 0 unspecified atom stereocenters. The molecular weight excluding hydrogens is 394 g/mol. The first-order valence-electron chi connectivity index (χ1n) is 9.53. The number of ketones is 1. The fourth-order valence-electron chi connectivity index (χ4n) is 3.21. The third kappa shape index (κ3) is 6.41. The summed E-state index contributed by atoms with van der Waals surface area (Å²) in [7, 11) is 2.16. The van der Waals surface area contributed by atoms with Crippen LogP contribution in [-0.4, -0.2) is 54.7 Å². The third-order valence-electron chi connectivity index (χ3n) is 4.91. The maximum atomic E-state index is 12.1. The number of thiophene rings is 1. The van der Waals surface area contributed by atoms with E-state index < -0.39 is 0 Å². The van der Waals surface area contributed by atoms with Gasteiger partial charge >= 0.3 is 0 Å². The Hall–Kier alpha value is -1.73. The highest BCUT2D eigenvalue weighted by Crippen LogP contribution is 2.22. The van der Waals surface area contributed by atoms with Crippen LogP contribution in [0.25, 0.3) is 0 Å². The Bertz CT molecular complexity index is 815. The number of nitrogens with zero attached hydrogens (tertiary/aromatic N) is 2. The van der Waals surface area contributed by atoms with Crippen LogP contribution < -0.4 is 5.32 Å². The van der Waals surface area contributed by atoms with Crippen LogP contribution in [0.15, 0.2) is 36.4 Å². The van der Waals surface area contributed by atoms with Gasteiger partial charge in [0.15, 0.2) is 5.78 Å². The predicted octanol–water partition coefficient (Wildman–Crippen LogP) is 3.43. The van der Waals surface area contributed by atoms with E-state index in [0.717, 1.165) is 38.3 Å². The van der Waals surface area contributed by atoms with Crippen LogP contribution in [0.2, 0.25) is 4.34 Å². The van der Waals surface area contributed by atoms with Gasteiger partial charge in [0.25, 0.3) is 0 Å². The molecule has 1 aliphatic heterocycles. The Morgan fingerprint density at radius 3 is 2.54 bits per heavy atom. The molecule has 1 fully saturated rings. The lowest BCUT2D eigenvalue weighted by Crippen LogP contribution is -2.43. The number of likely N-dealkylation sites (N-methyl/N-ethyl adjacent to an activating group) is 1. The van der Waals surface area contributed by atoms with Gasteiger partial charge in [-0.25, -0.2) is 0 Å². The van der Waals surface area contributed by atoms with Crippen LogP contribution in [0.5, 0.6) is 0 Å². The summed E-state index contributed by atoms with van der Waals surface area (Å²) in [6, 6.07) is 11.8. The van der Waals surface area contributed by atoms with Crippen molar-refractivity contribution in [2.75, 3.05) is 33.2 Å². The van der Waals surface area contributed by atoms with Crippen LogP contribution in [-0.2, 0) is 17.9 Å². The van der Waals surface area contributed by atoms with E-state index in [1.807, 2.05) is 12.1 Å². The minimum atomic E-state index is -0.111. The number of benzene rings is 1. The summed E-state index contributed by atoms with van der Waals surface area (Å²) < 4.78 is 0.587. The van der Waals surface area contributed by atoms with Crippen molar-refractivity contribution in [3.05, 3.63) is 56.7 Å². The van der Waals surface area contributed by atoms with Crippen LogP contribution in [0.3, 0.4) is 0 Å². The predicted molar refractivity (Wildman–Crippen MR) is 114 cm³/mol. The van der Waals surface area contributed by atoms with E-state index in [-0.39, 0.29) is 24.5 Å². The van der Waals surface area contributed by atoms with Crippen molar-refractivity contribution in [3.8, 4) is 0 Å². The van der Waals surface area contributed by atoms with Crippen molar-refractivity contribution in [3.63, 3.8) is 0 Å². The molecule has 5 nitrogen and oxygen atoms in total. The summed E-state index contributed by atoms with van der Waals surface area (Å²) in [5, 5.41) is 2.91. The zero-order valence-corrected chi connectivity index (χ0v) is 17.7. The first-order chi connectivity index (χ1) is 13.5. The number of Topliss-reactive ketones (excluding diaryl/α,β-unsaturated/α-hetero) is 1. The maximum absolute atomic E-state index is 12.1. The Kier molecular flexibility index (Phi) is 7.62. The van der Waals surface area contributed by atoms with Crippen molar-refractivity contribution in [1.29, 1.82) is 0 Å². The summed E-state index contributed by atoms with van der Waals surface area (Å²) in [6.07, 6.45) is 0.390. The fourth-order valence-corrected chi connectivity index (χ4v) is 4.22. The molecule has 0 spiro atoms. The topological polar surface area (TPSA) is 52.6 Å². The van der Waals surface area contributed by atoms with Crippen LogP contribution in [0, 0.1) is 0 Å². The monoisotopic (exact) mass is 419 g/mol. The number of carbonyl (C=O) groups excluding carboxylic acids is 2. The molecule has 0 radical (unpaired) electrons. The quantitative estimate of drug-likeness (QED) is 0.666. The second-order valence-corrected chi connectivity index (χ2v) is 8.92. The largest absolute Gasteiger partial charge is 0.352 e. The van der Waals surface area contributed by atoms with Crippen molar-refractivity contribution in [2.45, 2.75) is 25.9 Å². The van der Waals surface area contributed by atoms with Gasteiger partial charge in [-0.05, 0) is 30.3 Å². The highest BCUT2D eigenvalue weighted by atomic mass is 35.5. The summed E-state index contributed by atoms with van der Waals surface area (Å²) in [6.45, 7) is 5.79. The molecule has 0 saturated carbocycles. The first kappa shape index (κ1) is 21.0. The van der Waals surface area contributed by atoms with E-state index in [9.17, 15) is 9.59 Å². The minimum absolute atomic E-state index is 0.0405. The Labute approximate surface area is 175 Å². The highest BCUT2D eigenvalue weighted by Gasteiger charge is 2.14. The molecular formula is C21H26ClN3O2S. The van der Waals surface area contributed by atoms with Gasteiger partial charge in [-0.2, -0.15) is 0 Å². The SMILES string of the molecule is CN1CCN(Cc2cccc(CNC(=O)CCC(=O)c3ccc(Cl)s3)c2)CC1. The molecule has 150 valence electrons. The smallest absolute Gasteiger partial charge is 0.220 e. The molecule has 1 saturated heterocycles. The molecule has 0 atom stereocenters. The maximum Gasteiger partial charge on any atom is 0.220 e. The van der Waals surface area contributed by atoms with Gasteiger partial charge in [0.2, 0.25) is 5.91 Å². The van der Waals surface area contributed by atoms with Crippen LogP contribution in [0.4, 0.5) is 0 Å². The second kappa shape index (κ2) is 10.2. The fraction of sp³-hybridized carbons (Fsp3) is 0.429. The molecule has 0 bridgehead atoms. The van der Waals surface area contributed by atoms with Crippen LogP contribution >= 0.6 is 22.9 Å². The summed E-state index contributed by atoms with van der Waals surface area (Å²) in [5.41, 5.74) is 2.34. The molecule has 1 N–H and O–H groups in total. The standard InChI is InChI=1S/C21H26ClN3O2S/c1-24-9-11-25(12-10-24)15-17-4-2-3-16(13-17)14-23-21(27)8-5-18(26)19-6-7-20(22)28-19/h2-4,6-7,13H,5,8-12,14-15H2,1H3,(H,23,27). The lowest BCUT2D eigenvalue weighted by atomic mass is 10.1. The molecule has 2 heterocycles. The molecule has 1 aromatic heterocycles. The van der Waals surface area contributed by atoms with Crippen LogP contribution in [0.1, 0.15) is 33.6 Å². The number of piperazine rings is 1. The normalized spacial score (nSPS) is 15.5. The lowest BCUT2D eigenvalue weighted by molar-refractivity contribution is -0.121. The van der Waals surface area contributed by atoms with Gasteiger partial charge in [0.1, 0.15) is 0 Å². The van der Waals surface area contributed by atoms with E-state index >= 15 is 0 Å². The third-order valence-corrected chi connectivity index (χ3v) is 6.18. The highest BCUT2D eigenvalue weighted by molar-refractivity contribution is 7.18. The van der Waals surface area contributed by atoms with E-state index in [4.69, 9.17) is 11.6 Å². The lowest BCUT2D eigenvalue weighted by Gasteiger charge is -2.32. The number of halogens is 1. The van der Waals surface area contributed by atoms with E-state index in [0.29, 0.717) is 15.8 Å². The van der Waals surface area contributed by atoms with Gasteiger partial charge in [-0.15, -0.1) is 11.3 Å². The molecule has 3 rings (SSSR count). The van der Waals surface area contributed by atoms with Gasteiger partial charge in [-0.1, -0.05) is 35.9 Å². The average molecular weight is 420 g/mol. The molecule has 0 aliphatic carbocycles. The molecule has 1 aromatic carbocycles. The Morgan fingerprint density at radius 2 is 1.82 bits per heavy atom.